The van der Waals surface area contributed by atoms with Gasteiger partial charge in [-0.25, -0.2) is 0 Å². The van der Waals surface area contributed by atoms with E-state index in [0.29, 0.717) is 12.0 Å². The number of rotatable bonds is 9. The molecule has 3 heteroatoms. The van der Waals surface area contributed by atoms with Crippen LogP contribution in [0.5, 0.6) is 5.75 Å². The molecule has 1 aromatic carbocycles. The fourth-order valence-electron chi connectivity index (χ4n) is 2.65. The zero-order valence-electron chi connectivity index (χ0n) is 13.8. The van der Waals surface area contributed by atoms with E-state index in [4.69, 9.17) is 9.47 Å². The highest BCUT2D eigenvalue weighted by molar-refractivity contribution is 5.30. The van der Waals surface area contributed by atoms with Gasteiger partial charge in [-0.2, -0.15) is 0 Å². The Kier molecular flexibility index (Phi) is 6.07. The SMILES string of the molecule is COc1cccc(C(CNC2CC2)OC(C)CC(C)C)c1. The van der Waals surface area contributed by atoms with Gasteiger partial charge in [-0.1, -0.05) is 26.0 Å². The lowest BCUT2D eigenvalue weighted by Crippen LogP contribution is -2.28. The summed E-state index contributed by atoms with van der Waals surface area (Å²) >= 11 is 0. The van der Waals surface area contributed by atoms with Gasteiger partial charge in [-0.05, 0) is 49.8 Å². The molecule has 0 saturated heterocycles. The Bertz CT molecular complexity index is 429. The first-order chi connectivity index (χ1) is 10.1. The van der Waals surface area contributed by atoms with Gasteiger partial charge in [0.15, 0.2) is 0 Å². The minimum atomic E-state index is 0.0921. The maximum absolute atomic E-state index is 6.31. The summed E-state index contributed by atoms with van der Waals surface area (Å²) in [5.41, 5.74) is 1.19. The van der Waals surface area contributed by atoms with E-state index in [1.807, 2.05) is 12.1 Å². The van der Waals surface area contributed by atoms with E-state index >= 15 is 0 Å². The van der Waals surface area contributed by atoms with Crippen LogP contribution in [0, 0.1) is 5.92 Å². The minimum Gasteiger partial charge on any atom is -0.497 e. The summed E-state index contributed by atoms with van der Waals surface area (Å²) < 4.78 is 11.6. The molecule has 2 unspecified atom stereocenters. The second kappa shape index (κ2) is 7.81. The molecule has 0 amide bonds. The first kappa shape index (κ1) is 16.3. The van der Waals surface area contributed by atoms with Crippen LogP contribution in [-0.4, -0.2) is 25.8 Å². The summed E-state index contributed by atoms with van der Waals surface area (Å²) in [5, 5.41) is 3.59. The summed E-state index contributed by atoms with van der Waals surface area (Å²) in [7, 11) is 1.71. The summed E-state index contributed by atoms with van der Waals surface area (Å²) in [6.07, 6.45) is 4.04. The maximum Gasteiger partial charge on any atom is 0.119 e. The van der Waals surface area contributed by atoms with Crippen LogP contribution in [0.1, 0.15) is 51.7 Å². The van der Waals surface area contributed by atoms with Crippen molar-refractivity contribution >= 4 is 0 Å². The first-order valence-corrected chi connectivity index (χ1v) is 8.11. The highest BCUT2D eigenvalue weighted by Crippen LogP contribution is 2.26. The van der Waals surface area contributed by atoms with Crippen LogP contribution in [-0.2, 0) is 4.74 Å². The molecule has 1 N–H and O–H groups in total. The maximum atomic E-state index is 6.31. The standard InChI is InChI=1S/C18H29NO2/c1-13(2)10-14(3)21-18(12-19-16-8-9-16)15-6-5-7-17(11-15)20-4/h5-7,11,13-14,16,18-19H,8-10,12H2,1-4H3. The number of hydrogen-bond donors (Lipinski definition) is 1. The lowest BCUT2D eigenvalue weighted by molar-refractivity contribution is -0.0129. The van der Waals surface area contributed by atoms with Crippen LogP contribution >= 0.6 is 0 Å². The van der Waals surface area contributed by atoms with Crippen LogP contribution in [0.15, 0.2) is 24.3 Å². The smallest absolute Gasteiger partial charge is 0.119 e. The van der Waals surface area contributed by atoms with Crippen LogP contribution in [0.25, 0.3) is 0 Å². The van der Waals surface area contributed by atoms with Crippen molar-refractivity contribution < 1.29 is 9.47 Å². The molecule has 1 aromatic rings. The molecule has 0 radical (unpaired) electrons. The van der Waals surface area contributed by atoms with Crippen LogP contribution in [0.3, 0.4) is 0 Å². The molecule has 0 spiro atoms. The molecule has 0 aromatic heterocycles. The van der Waals surface area contributed by atoms with E-state index in [2.05, 4.69) is 38.2 Å². The predicted octanol–water partition coefficient (Wildman–Crippen LogP) is 3.94. The zero-order chi connectivity index (χ0) is 15.2. The summed E-state index contributed by atoms with van der Waals surface area (Å²) in [4.78, 5) is 0. The molecule has 0 aliphatic heterocycles. The largest absolute Gasteiger partial charge is 0.497 e. The Balaban J connectivity index is 2.01. The molecule has 3 nitrogen and oxygen atoms in total. The van der Waals surface area contributed by atoms with Crippen LogP contribution in [0.4, 0.5) is 0 Å². The van der Waals surface area contributed by atoms with Crippen LogP contribution < -0.4 is 10.1 Å². The number of nitrogens with one attached hydrogen (secondary N) is 1. The quantitative estimate of drug-likeness (QED) is 0.747. The van der Waals surface area contributed by atoms with Gasteiger partial charge < -0.3 is 14.8 Å². The normalized spacial score (nSPS) is 17.8. The van der Waals surface area contributed by atoms with Gasteiger partial charge in [0.1, 0.15) is 5.75 Å². The third-order valence-electron chi connectivity index (χ3n) is 3.83. The molecule has 21 heavy (non-hydrogen) atoms. The highest BCUT2D eigenvalue weighted by Gasteiger charge is 2.24. The Morgan fingerprint density at radius 1 is 1.24 bits per heavy atom. The van der Waals surface area contributed by atoms with E-state index in [0.717, 1.165) is 18.7 Å². The van der Waals surface area contributed by atoms with Gasteiger partial charge in [0.25, 0.3) is 0 Å². The van der Waals surface area contributed by atoms with Crippen LogP contribution in [0.2, 0.25) is 0 Å². The van der Waals surface area contributed by atoms with Crippen molar-refractivity contribution in [3.8, 4) is 5.75 Å². The first-order valence-electron chi connectivity index (χ1n) is 8.11. The fourth-order valence-corrected chi connectivity index (χ4v) is 2.65. The number of ether oxygens (including phenoxy) is 2. The van der Waals surface area contributed by atoms with E-state index < -0.39 is 0 Å². The molecule has 0 heterocycles. The molecule has 2 rings (SSSR count). The third kappa shape index (κ3) is 5.68. The van der Waals surface area contributed by atoms with Crippen molar-refractivity contribution in [1.82, 2.24) is 5.32 Å². The molecule has 1 aliphatic rings. The second-order valence-electron chi connectivity index (χ2n) is 6.52. The minimum absolute atomic E-state index is 0.0921. The van der Waals surface area contributed by atoms with Crippen molar-refractivity contribution in [3.05, 3.63) is 29.8 Å². The zero-order valence-corrected chi connectivity index (χ0v) is 13.8. The van der Waals surface area contributed by atoms with Gasteiger partial charge in [0.05, 0.1) is 19.3 Å². The third-order valence-corrected chi connectivity index (χ3v) is 3.83. The highest BCUT2D eigenvalue weighted by atomic mass is 16.5. The molecule has 1 fully saturated rings. The summed E-state index contributed by atoms with van der Waals surface area (Å²) in [6.45, 7) is 7.52. The number of benzene rings is 1. The van der Waals surface area contributed by atoms with Gasteiger partial charge >= 0.3 is 0 Å². The molecule has 1 saturated carbocycles. The van der Waals surface area contributed by atoms with Gasteiger partial charge in [0, 0.05) is 12.6 Å². The van der Waals surface area contributed by atoms with Crippen molar-refractivity contribution in [2.45, 2.75) is 58.3 Å². The molecule has 0 bridgehead atoms. The number of hydrogen-bond acceptors (Lipinski definition) is 3. The molecular formula is C18H29NO2. The Morgan fingerprint density at radius 2 is 2.00 bits per heavy atom. The molecule has 118 valence electrons. The average Bonchev–Trinajstić information content (AvgIpc) is 3.26. The Hall–Kier alpha value is -1.06. The van der Waals surface area contributed by atoms with Crippen molar-refractivity contribution in [3.63, 3.8) is 0 Å². The second-order valence-corrected chi connectivity index (χ2v) is 6.52. The monoisotopic (exact) mass is 291 g/mol. The molecular weight excluding hydrogens is 262 g/mol. The van der Waals surface area contributed by atoms with E-state index in [1.54, 1.807) is 7.11 Å². The fraction of sp³-hybridized carbons (Fsp3) is 0.667. The number of methoxy groups -OCH3 is 1. The Morgan fingerprint density at radius 3 is 2.62 bits per heavy atom. The Labute approximate surface area is 129 Å². The predicted molar refractivity (Wildman–Crippen MR) is 86.8 cm³/mol. The van der Waals surface area contributed by atoms with E-state index in [9.17, 15) is 0 Å². The van der Waals surface area contributed by atoms with Gasteiger partial charge in [-0.15, -0.1) is 0 Å². The van der Waals surface area contributed by atoms with Gasteiger partial charge in [0.2, 0.25) is 0 Å². The lowest BCUT2D eigenvalue weighted by Gasteiger charge is -2.25. The summed E-state index contributed by atoms with van der Waals surface area (Å²) in [6, 6.07) is 8.92. The van der Waals surface area contributed by atoms with Gasteiger partial charge in [-0.3, -0.25) is 0 Å². The van der Waals surface area contributed by atoms with Crippen molar-refractivity contribution in [1.29, 1.82) is 0 Å². The topological polar surface area (TPSA) is 30.5 Å². The van der Waals surface area contributed by atoms with E-state index in [1.165, 1.54) is 18.4 Å². The van der Waals surface area contributed by atoms with Crippen molar-refractivity contribution in [2.24, 2.45) is 5.92 Å². The van der Waals surface area contributed by atoms with E-state index in [-0.39, 0.29) is 12.2 Å². The lowest BCUT2D eigenvalue weighted by atomic mass is 10.1. The van der Waals surface area contributed by atoms with Crippen molar-refractivity contribution in [2.75, 3.05) is 13.7 Å². The molecule has 1 aliphatic carbocycles. The average molecular weight is 291 g/mol. The molecule has 2 atom stereocenters. The summed E-state index contributed by atoms with van der Waals surface area (Å²) in [5.74, 6) is 1.55.